The largest absolute Gasteiger partial charge is 0.508 e. The van der Waals surface area contributed by atoms with E-state index in [1.165, 1.54) is 17.0 Å². The van der Waals surface area contributed by atoms with Crippen LogP contribution in [0, 0.1) is 6.92 Å². The molecule has 174 valence electrons. The number of phenols is 1. The Labute approximate surface area is 199 Å². The van der Waals surface area contributed by atoms with Crippen LogP contribution in [0.4, 0.5) is 11.4 Å². The van der Waals surface area contributed by atoms with Gasteiger partial charge in [-0.1, -0.05) is 42.0 Å². The van der Waals surface area contributed by atoms with Gasteiger partial charge in [-0.25, -0.2) is 0 Å². The first-order valence-electron chi connectivity index (χ1n) is 11.4. The quantitative estimate of drug-likeness (QED) is 0.304. The summed E-state index contributed by atoms with van der Waals surface area (Å²) in [5, 5.41) is 21.3. The van der Waals surface area contributed by atoms with E-state index in [4.69, 9.17) is 0 Å². The molecule has 0 aromatic heterocycles. The molecule has 34 heavy (non-hydrogen) atoms. The molecule has 1 aliphatic heterocycles. The highest BCUT2D eigenvalue weighted by Gasteiger charge is 2.47. The van der Waals surface area contributed by atoms with Crippen molar-refractivity contribution in [1.82, 2.24) is 0 Å². The number of nitrogens with zero attached hydrogens (tertiary/aromatic N) is 2. The number of phenolic OH excluding ortho intramolecular Hbond substituents is 1. The van der Waals surface area contributed by atoms with Crippen molar-refractivity contribution in [3.8, 4) is 5.75 Å². The number of amides is 1. The van der Waals surface area contributed by atoms with Gasteiger partial charge in [0.15, 0.2) is 0 Å². The highest BCUT2D eigenvalue weighted by Crippen LogP contribution is 2.43. The number of hydrogen-bond acceptors (Lipinski definition) is 5. The van der Waals surface area contributed by atoms with E-state index in [-0.39, 0.29) is 17.1 Å². The van der Waals surface area contributed by atoms with Gasteiger partial charge in [-0.15, -0.1) is 0 Å². The summed E-state index contributed by atoms with van der Waals surface area (Å²) < 4.78 is 0. The average Bonchev–Trinajstić information content (AvgIpc) is 3.11. The van der Waals surface area contributed by atoms with Crippen molar-refractivity contribution in [2.24, 2.45) is 0 Å². The molecule has 1 atom stereocenters. The summed E-state index contributed by atoms with van der Waals surface area (Å²) in [5.74, 6) is -1.72. The maximum absolute atomic E-state index is 13.3. The molecule has 0 bridgehead atoms. The first kappa shape index (κ1) is 23.1. The molecular formula is C28H28N2O4. The lowest BCUT2D eigenvalue weighted by Crippen LogP contribution is -2.29. The Hall–Kier alpha value is -4.06. The number of aliphatic hydroxyl groups is 1. The highest BCUT2D eigenvalue weighted by atomic mass is 16.3. The first-order valence-corrected chi connectivity index (χ1v) is 11.4. The zero-order valence-corrected chi connectivity index (χ0v) is 19.5. The number of benzene rings is 3. The SMILES string of the molecule is CCN(CC)c1ccc(N2C(=O)C(=O)/C(=C(\O)c3ccc(C)cc3)C2c2cccc(O)c2)cc1. The molecule has 6 heteroatoms. The van der Waals surface area contributed by atoms with Crippen molar-refractivity contribution < 1.29 is 19.8 Å². The normalized spacial score (nSPS) is 17.3. The predicted octanol–water partition coefficient (Wildman–Crippen LogP) is 5.17. The zero-order chi connectivity index (χ0) is 24.4. The third-order valence-corrected chi connectivity index (χ3v) is 6.21. The van der Waals surface area contributed by atoms with Crippen LogP contribution in [0.5, 0.6) is 5.75 Å². The van der Waals surface area contributed by atoms with Crippen molar-refractivity contribution in [3.05, 3.63) is 95.1 Å². The van der Waals surface area contributed by atoms with Gasteiger partial charge in [0.25, 0.3) is 11.7 Å². The molecule has 0 radical (unpaired) electrons. The van der Waals surface area contributed by atoms with E-state index in [0.29, 0.717) is 16.8 Å². The van der Waals surface area contributed by atoms with Gasteiger partial charge in [-0.2, -0.15) is 0 Å². The topological polar surface area (TPSA) is 81.1 Å². The van der Waals surface area contributed by atoms with E-state index < -0.39 is 17.7 Å². The first-order chi connectivity index (χ1) is 16.3. The van der Waals surface area contributed by atoms with Gasteiger partial charge < -0.3 is 15.1 Å². The van der Waals surface area contributed by atoms with Gasteiger partial charge >= 0.3 is 0 Å². The molecule has 0 aliphatic carbocycles. The van der Waals surface area contributed by atoms with Crippen molar-refractivity contribution in [3.63, 3.8) is 0 Å². The van der Waals surface area contributed by atoms with Crippen LogP contribution in [0.1, 0.15) is 36.6 Å². The van der Waals surface area contributed by atoms with Crippen molar-refractivity contribution >= 4 is 28.8 Å². The molecule has 3 aromatic carbocycles. The Morgan fingerprint density at radius 2 is 1.59 bits per heavy atom. The van der Waals surface area contributed by atoms with Crippen LogP contribution in [0.2, 0.25) is 0 Å². The average molecular weight is 457 g/mol. The second-order valence-electron chi connectivity index (χ2n) is 8.32. The maximum atomic E-state index is 13.3. The van der Waals surface area contributed by atoms with Gasteiger partial charge in [0.05, 0.1) is 11.6 Å². The molecule has 3 aromatic rings. The standard InChI is InChI=1S/C28H28N2O4/c1-4-29(5-2)21-13-15-22(16-14-21)30-25(20-7-6-8-23(31)17-20)24(27(33)28(30)34)26(32)19-11-9-18(3)10-12-19/h6-17,25,31-32H,4-5H2,1-3H3/b26-24-. The smallest absolute Gasteiger partial charge is 0.300 e. The highest BCUT2D eigenvalue weighted by molar-refractivity contribution is 6.51. The van der Waals surface area contributed by atoms with Crippen LogP contribution < -0.4 is 9.80 Å². The summed E-state index contributed by atoms with van der Waals surface area (Å²) in [7, 11) is 0. The predicted molar refractivity (Wildman–Crippen MR) is 134 cm³/mol. The molecule has 1 aliphatic rings. The fourth-order valence-electron chi connectivity index (χ4n) is 4.39. The minimum Gasteiger partial charge on any atom is -0.508 e. The van der Waals surface area contributed by atoms with Crippen LogP contribution in [-0.2, 0) is 9.59 Å². The lowest BCUT2D eigenvalue weighted by Gasteiger charge is -2.27. The van der Waals surface area contributed by atoms with Crippen LogP contribution in [0.15, 0.2) is 78.4 Å². The maximum Gasteiger partial charge on any atom is 0.300 e. The van der Waals surface area contributed by atoms with Crippen LogP contribution >= 0.6 is 0 Å². The number of rotatable bonds is 6. The molecule has 1 amide bonds. The monoisotopic (exact) mass is 456 g/mol. The van der Waals surface area contributed by atoms with Crippen LogP contribution in [0.3, 0.4) is 0 Å². The van der Waals surface area contributed by atoms with E-state index >= 15 is 0 Å². The van der Waals surface area contributed by atoms with E-state index in [1.807, 2.05) is 31.2 Å². The fourth-order valence-corrected chi connectivity index (χ4v) is 4.39. The molecule has 4 rings (SSSR count). The summed E-state index contributed by atoms with van der Waals surface area (Å²) in [6.45, 7) is 7.77. The second-order valence-corrected chi connectivity index (χ2v) is 8.32. The number of aromatic hydroxyl groups is 1. The zero-order valence-electron chi connectivity index (χ0n) is 19.5. The summed E-state index contributed by atoms with van der Waals surface area (Å²) in [6, 6.07) is 20.1. The molecule has 1 saturated heterocycles. The number of carbonyl (C=O) groups excluding carboxylic acids is 2. The van der Waals surface area contributed by atoms with E-state index in [2.05, 4.69) is 18.7 Å². The van der Waals surface area contributed by atoms with E-state index in [1.54, 1.807) is 36.4 Å². The Morgan fingerprint density at radius 1 is 0.941 bits per heavy atom. The van der Waals surface area contributed by atoms with E-state index in [9.17, 15) is 19.8 Å². The minimum absolute atomic E-state index is 0.00716. The van der Waals surface area contributed by atoms with Gasteiger partial charge in [-0.05, 0) is 62.7 Å². The number of aliphatic hydroxyl groups excluding tert-OH is 1. The van der Waals surface area contributed by atoms with Gasteiger partial charge in [0.1, 0.15) is 11.5 Å². The number of Topliss-reactive ketones (excluding diaryl/α,β-unsaturated/α-hetero) is 1. The number of hydrogen-bond donors (Lipinski definition) is 2. The summed E-state index contributed by atoms with van der Waals surface area (Å²) in [5.41, 5.74) is 3.53. The Morgan fingerprint density at radius 3 is 2.18 bits per heavy atom. The minimum atomic E-state index is -0.882. The molecule has 6 nitrogen and oxygen atoms in total. The van der Waals surface area contributed by atoms with Crippen molar-refractivity contribution in [1.29, 1.82) is 0 Å². The van der Waals surface area contributed by atoms with E-state index in [0.717, 1.165) is 24.3 Å². The number of anilines is 2. The van der Waals surface area contributed by atoms with Gasteiger partial charge in [-0.3, -0.25) is 14.5 Å². The molecule has 0 spiro atoms. The van der Waals surface area contributed by atoms with Gasteiger partial charge in [0.2, 0.25) is 0 Å². The lowest BCUT2D eigenvalue weighted by molar-refractivity contribution is -0.132. The fraction of sp³-hybridized carbons (Fsp3) is 0.214. The lowest BCUT2D eigenvalue weighted by atomic mass is 9.94. The molecule has 2 N–H and O–H groups in total. The number of aryl methyl sites for hydroxylation is 1. The van der Waals surface area contributed by atoms with Crippen molar-refractivity contribution in [2.75, 3.05) is 22.9 Å². The third kappa shape index (κ3) is 4.15. The van der Waals surface area contributed by atoms with Gasteiger partial charge in [0, 0.05) is 30.0 Å². The number of ketones is 1. The Bertz CT molecular complexity index is 1240. The number of carbonyl (C=O) groups is 2. The molecule has 0 saturated carbocycles. The molecule has 1 fully saturated rings. The van der Waals surface area contributed by atoms with Crippen LogP contribution in [0.25, 0.3) is 5.76 Å². The summed E-state index contributed by atoms with van der Waals surface area (Å²) in [6.07, 6.45) is 0. The second kappa shape index (κ2) is 9.43. The van der Waals surface area contributed by atoms with Crippen molar-refractivity contribution in [2.45, 2.75) is 26.8 Å². The molecule has 1 unspecified atom stereocenters. The van der Waals surface area contributed by atoms with Crippen LogP contribution in [-0.4, -0.2) is 35.0 Å². The summed E-state index contributed by atoms with van der Waals surface area (Å²) >= 11 is 0. The molecule has 1 heterocycles. The Kier molecular flexibility index (Phi) is 6.41. The third-order valence-electron chi connectivity index (χ3n) is 6.21. The summed E-state index contributed by atoms with van der Waals surface area (Å²) in [4.78, 5) is 30.1. The molecular weight excluding hydrogens is 428 g/mol. The Balaban J connectivity index is 1.87.